The summed E-state index contributed by atoms with van der Waals surface area (Å²) in [5.41, 5.74) is 3.21. The number of carbonyl (C=O) groups is 1. The highest BCUT2D eigenvalue weighted by molar-refractivity contribution is 5.78. The number of carbonyl (C=O) groups excluding carboxylic acids is 1. The first-order valence-electron chi connectivity index (χ1n) is 8.17. The number of methoxy groups -OCH3 is 1. The van der Waals surface area contributed by atoms with Crippen molar-refractivity contribution in [1.29, 1.82) is 0 Å². The molecule has 1 unspecified atom stereocenters. The zero-order chi connectivity index (χ0) is 17.8. The van der Waals surface area contributed by atoms with Gasteiger partial charge in [0.2, 0.25) is 5.91 Å². The zero-order valence-electron chi connectivity index (χ0n) is 14.3. The van der Waals surface area contributed by atoms with Gasteiger partial charge in [0.25, 0.3) is 0 Å². The Hall–Kier alpha value is -3.02. The van der Waals surface area contributed by atoms with E-state index in [1.54, 1.807) is 7.11 Å². The fourth-order valence-corrected chi connectivity index (χ4v) is 2.92. The molecule has 130 valence electrons. The van der Waals surface area contributed by atoms with Crippen molar-refractivity contribution in [3.8, 4) is 5.75 Å². The van der Waals surface area contributed by atoms with Crippen LogP contribution in [0.25, 0.3) is 11.0 Å². The summed E-state index contributed by atoms with van der Waals surface area (Å²) in [6, 6.07) is 13.3. The summed E-state index contributed by atoms with van der Waals surface area (Å²) in [6.07, 6.45) is 0.379. The maximum Gasteiger partial charge on any atom is 0.323 e. The molecule has 0 aliphatic carbocycles. The minimum Gasteiger partial charge on any atom is -0.496 e. The number of benzene rings is 2. The molecule has 6 heteroatoms. The molecule has 0 aliphatic rings. The van der Waals surface area contributed by atoms with Gasteiger partial charge in [-0.15, -0.1) is 0 Å². The Morgan fingerprint density at radius 2 is 1.92 bits per heavy atom. The number of rotatable bonds is 6. The second kappa shape index (κ2) is 7.25. The molecule has 0 aliphatic heterocycles. The summed E-state index contributed by atoms with van der Waals surface area (Å²) in [5.74, 6) is 0.824. The first kappa shape index (κ1) is 16.8. The smallest absolute Gasteiger partial charge is 0.323 e. The number of aromatic nitrogens is 2. The Morgan fingerprint density at radius 3 is 2.72 bits per heavy atom. The molecule has 0 saturated heterocycles. The first-order chi connectivity index (χ1) is 12.1. The molecule has 3 rings (SSSR count). The molecule has 1 atom stereocenters. The van der Waals surface area contributed by atoms with Gasteiger partial charge in [0.15, 0.2) is 0 Å². The third kappa shape index (κ3) is 3.91. The molecule has 1 heterocycles. The Bertz CT molecular complexity index is 942. The Kier molecular flexibility index (Phi) is 4.88. The number of hydrogen-bond donors (Lipinski definition) is 3. The predicted molar refractivity (Wildman–Crippen MR) is 96.8 cm³/mol. The number of aromatic amines is 2. The summed E-state index contributed by atoms with van der Waals surface area (Å²) in [4.78, 5) is 28.9. The average molecular weight is 339 g/mol. The number of ether oxygens (including phenoxy) is 1. The first-order valence-corrected chi connectivity index (χ1v) is 8.17. The van der Waals surface area contributed by atoms with Crippen molar-refractivity contribution in [3.63, 3.8) is 0 Å². The van der Waals surface area contributed by atoms with Crippen LogP contribution in [0, 0.1) is 0 Å². The van der Waals surface area contributed by atoms with E-state index in [9.17, 15) is 9.59 Å². The second-order valence-corrected chi connectivity index (χ2v) is 6.08. The highest BCUT2D eigenvalue weighted by Gasteiger charge is 2.14. The van der Waals surface area contributed by atoms with E-state index in [1.165, 1.54) is 0 Å². The number of nitrogens with one attached hydrogen (secondary N) is 3. The van der Waals surface area contributed by atoms with Gasteiger partial charge in [0.05, 0.1) is 18.1 Å². The predicted octanol–water partition coefficient (Wildman–Crippen LogP) is 2.67. The topological polar surface area (TPSA) is 87.0 Å². The normalized spacial score (nSPS) is 12.1. The fraction of sp³-hybridized carbons (Fsp3) is 0.263. The number of fused-ring (bicyclic) bond motifs is 1. The van der Waals surface area contributed by atoms with E-state index in [4.69, 9.17) is 4.74 Å². The molecule has 6 nitrogen and oxygen atoms in total. The van der Waals surface area contributed by atoms with Crippen LogP contribution >= 0.6 is 0 Å². The maximum atomic E-state index is 12.3. The van der Waals surface area contributed by atoms with Crippen LogP contribution in [0.2, 0.25) is 0 Å². The van der Waals surface area contributed by atoms with Crippen LogP contribution < -0.4 is 15.7 Å². The van der Waals surface area contributed by atoms with Gasteiger partial charge in [-0.3, -0.25) is 4.79 Å². The Balaban J connectivity index is 1.60. The van der Waals surface area contributed by atoms with Gasteiger partial charge in [0, 0.05) is 13.0 Å². The highest BCUT2D eigenvalue weighted by atomic mass is 16.5. The monoisotopic (exact) mass is 339 g/mol. The molecule has 3 N–H and O–H groups in total. The van der Waals surface area contributed by atoms with Crippen LogP contribution in [0.5, 0.6) is 5.75 Å². The lowest BCUT2D eigenvalue weighted by Crippen LogP contribution is -2.24. The largest absolute Gasteiger partial charge is 0.496 e. The molecule has 0 fully saturated rings. The fourth-order valence-electron chi connectivity index (χ4n) is 2.92. The van der Waals surface area contributed by atoms with Gasteiger partial charge in [-0.2, -0.15) is 0 Å². The van der Waals surface area contributed by atoms with Crippen molar-refractivity contribution in [2.24, 2.45) is 0 Å². The molecular formula is C19H21N3O3. The molecule has 0 spiro atoms. The van der Waals surface area contributed by atoms with E-state index in [1.807, 2.05) is 49.4 Å². The van der Waals surface area contributed by atoms with E-state index in [0.29, 0.717) is 13.0 Å². The van der Waals surface area contributed by atoms with E-state index in [0.717, 1.165) is 27.9 Å². The quantitative estimate of drug-likeness (QED) is 0.645. The zero-order valence-corrected chi connectivity index (χ0v) is 14.3. The summed E-state index contributed by atoms with van der Waals surface area (Å²) >= 11 is 0. The number of hydrogen-bond acceptors (Lipinski definition) is 3. The summed E-state index contributed by atoms with van der Waals surface area (Å²) in [5, 5.41) is 2.93. The third-order valence-corrected chi connectivity index (χ3v) is 4.23. The number of para-hydroxylation sites is 1. The van der Waals surface area contributed by atoms with E-state index >= 15 is 0 Å². The molecule has 1 amide bonds. The Labute approximate surface area is 145 Å². The Morgan fingerprint density at radius 1 is 1.16 bits per heavy atom. The molecule has 25 heavy (non-hydrogen) atoms. The minimum absolute atomic E-state index is 0.0268. The maximum absolute atomic E-state index is 12.3. The van der Waals surface area contributed by atoms with E-state index < -0.39 is 0 Å². The molecule has 3 aromatic rings. The second-order valence-electron chi connectivity index (χ2n) is 6.08. The lowest BCUT2D eigenvalue weighted by Gasteiger charge is -2.15. The van der Waals surface area contributed by atoms with Gasteiger partial charge >= 0.3 is 5.69 Å². The van der Waals surface area contributed by atoms with Crippen molar-refractivity contribution < 1.29 is 9.53 Å². The average Bonchev–Trinajstić information content (AvgIpc) is 2.99. The molecule has 2 aromatic carbocycles. The van der Waals surface area contributed by atoms with Crippen LogP contribution in [0.1, 0.15) is 30.4 Å². The van der Waals surface area contributed by atoms with Crippen molar-refractivity contribution in [2.75, 3.05) is 7.11 Å². The van der Waals surface area contributed by atoms with Gasteiger partial charge < -0.3 is 20.0 Å². The number of amides is 1. The van der Waals surface area contributed by atoms with Gasteiger partial charge in [-0.05, 0) is 35.2 Å². The molecule has 0 bridgehead atoms. The lowest BCUT2D eigenvalue weighted by molar-refractivity contribution is -0.121. The molecule has 0 saturated carbocycles. The van der Waals surface area contributed by atoms with Crippen molar-refractivity contribution in [1.82, 2.24) is 15.3 Å². The number of H-pyrrole nitrogens is 2. The van der Waals surface area contributed by atoms with E-state index in [2.05, 4.69) is 15.3 Å². The molecular weight excluding hydrogens is 318 g/mol. The molecule has 1 aromatic heterocycles. The number of imidazole rings is 1. The van der Waals surface area contributed by atoms with Gasteiger partial charge in [0.1, 0.15) is 5.75 Å². The van der Waals surface area contributed by atoms with Crippen molar-refractivity contribution in [3.05, 3.63) is 64.1 Å². The van der Waals surface area contributed by atoms with Crippen LogP contribution in [0.3, 0.4) is 0 Å². The van der Waals surface area contributed by atoms with Gasteiger partial charge in [-0.1, -0.05) is 31.2 Å². The van der Waals surface area contributed by atoms with Crippen LogP contribution in [-0.2, 0) is 11.3 Å². The van der Waals surface area contributed by atoms with Crippen molar-refractivity contribution >= 4 is 16.9 Å². The van der Waals surface area contributed by atoms with E-state index in [-0.39, 0.29) is 17.5 Å². The summed E-state index contributed by atoms with van der Waals surface area (Å²) < 4.78 is 5.36. The summed E-state index contributed by atoms with van der Waals surface area (Å²) in [7, 11) is 1.63. The third-order valence-electron chi connectivity index (χ3n) is 4.23. The van der Waals surface area contributed by atoms with Crippen LogP contribution in [-0.4, -0.2) is 23.0 Å². The lowest BCUT2D eigenvalue weighted by atomic mass is 9.96. The SMILES string of the molecule is COc1ccccc1C(C)CC(=O)NCc1ccc2[nH]c(=O)[nH]c2c1. The molecule has 0 radical (unpaired) electrons. The standard InChI is InChI=1S/C19H21N3O3/c1-12(14-5-3-4-6-17(14)25-2)9-18(23)20-11-13-7-8-15-16(10-13)22-19(24)21-15/h3-8,10,12H,9,11H2,1-2H3,(H,20,23)(H2,21,22,24). The highest BCUT2D eigenvalue weighted by Crippen LogP contribution is 2.28. The van der Waals surface area contributed by atoms with Gasteiger partial charge in [-0.25, -0.2) is 4.79 Å². The van der Waals surface area contributed by atoms with Crippen LogP contribution in [0.15, 0.2) is 47.3 Å². The minimum atomic E-state index is -0.234. The van der Waals surface area contributed by atoms with Crippen LogP contribution in [0.4, 0.5) is 0 Å². The van der Waals surface area contributed by atoms with Crippen molar-refractivity contribution in [2.45, 2.75) is 25.8 Å². The summed E-state index contributed by atoms with van der Waals surface area (Å²) in [6.45, 7) is 2.43.